The standard InChI is InChI=1S/C22H21FN2O2S/c1-27-20-10-2-15(3-11-20)13-25(19-8-9-19)21(26)12-18-14-28-22(24-18)16-4-6-17(23)7-5-16/h2-7,10-11,14,19H,8-9,12-13H2,1H3. The van der Waals surface area contributed by atoms with Crippen LogP contribution in [0.5, 0.6) is 5.75 Å². The molecule has 1 aliphatic carbocycles. The number of carbonyl (C=O) groups is 1. The highest BCUT2D eigenvalue weighted by Gasteiger charge is 2.32. The molecule has 0 N–H and O–H groups in total. The van der Waals surface area contributed by atoms with E-state index in [0.29, 0.717) is 12.6 Å². The molecule has 4 nitrogen and oxygen atoms in total. The van der Waals surface area contributed by atoms with E-state index in [2.05, 4.69) is 4.98 Å². The first-order valence-electron chi connectivity index (χ1n) is 9.25. The maximum Gasteiger partial charge on any atom is 0.229 e. The minimum Gasteiger partial charge on any atom is -0.497 e. The van der Waals surface area contributed by atoms with Gasteiger partial charge in [0.2, 0.25) is 5.91 Å². The summed E-state index contributed by atoms with van der Waals surface area (Å²) in [6.45, 7) is 0.600. The van der Waals surface area contributed by atoms with Gasteiger partial charge in [-0.3, -0.25) is 4.79 Å². The Morgan fingerprint density at radius 3 is 2.54 bits per heavy atom. The first-order chi connectivity index (χ1) is 13.6. The Kier molecular flexibility index (Phi) is 5.39. The first kappa shape index (κ1) is 18.6. The van der Waals surface area contributed by atoms with Gasteiger partial charge in [-0.2, -0.15) is 0 Å². The normalized spacial score (nSPS) is 13.4. The van der Waals surface area contributed by atoms with Crippen molar-refractivity contribution >= 4 is 17.2 Å². The molecular weight excluding hydrogens is 375 g/mol. The van der Waals surface area contributed by atoms with E-state index in [4.69, 9.17) is 4.74 Å². The molecule has 0 saturated heterocycles. The van der Waals surface area contributed by atoms with Gasteiger partial charge in [0.1, 0.15) is 16.6 Å². The van der Waals surface area contributed by atoms with Gasteiger partial charge in [-0.25, -0.2) is 9.37 Å². The fraction of sp³-hybridized carbons (Fsp3) is 0.273. The van der Waals surface area contributed by atoms with Crippen LogP contribution >= 0.6 is 11.3 Å². The number of carbonyl (C=O) groups excluding carboxylic acids is 1. The number of thiazole rings is 1. The number of methoxy groups -OCH3 is 1. The van der Waals surface area contributed by atoms with Gasteiger partial charge in [0.15, 0.2) is 0 Å². The van der Waals surface area contributed by atoms with E-state index in [-0.39, 0.29) is 18.1 Å². The Balaban J connectivity index is 1.44. The van der Waals surface area contributed by atoms with Crippen molar-refractivity contribution in [3.63, 3.8) is 0 Å². The Bertz CT molecular complexity index is 949. The van der Waals surface area contributed by atoms with Crippen molar-refractivity contribution in [2.75, 3.05) is 7.11 Å². The molecular formula is C22H21FN2O2S. The van der Waals surface area contributed by atoms with Crippen LogP contribution in [0.2, 0.25) is 0 Å². The summed E-state index contributed by atoms with van der Waals surface area (Å²) in [5, 5.41) is 2.71. The minimum atomic E-state index is -0.269. The van der Waals surface area contributed by atoms with Crippen LogP contribution in [0, 0.1) is 5.82 Å². The SMILES string of the molecule is COc1ccc(CN(C(=O)Cc2csc(-c3ccc(F)cc3)n2)C2CC2)cc1. The predicted octanol–water partition coefficient (Wildman–Crippen LogP) is 4.69. The van der Waals surface area contributed by atoms with E-state index < -0.39 is 0 Å². The average Bonchev–Trinajstić information content (AvgIpc) is 3.45. The molecule has 0 unspecified atom stereocenters. The lowest BCUT2D eigenvalue weighted by Crippen LogP contribution is -2.33. The molecule has 1 aromatic heterocycles. The lowest BCUT2D eigenvalue weighted by atomic mass is 10.2. The zero-order valence-corrected chi connectivity index (χ0v) is 16.4. The highest BCUT2D eigenvalue weighted by Crippen LogP contribution is 2.30. The molecule has 3 aromatic rings. The zero-order valence-electron chi connectivity index (χ0n) is 15.6. The second-order valence-corrected chi connectivity index (χ2v) is 7.79. The summed E-state index contributed by atoms with van der Waals surface area (Å²) < 4.78 is 18.3. The minimum absolute atomic E-state index is 0.0919. The summed E-state index contributed by atoms with van der Waals surface area (Å²) in [7, 11) is 1.64. The van der Waals surface area contributed by atoms with Gasteiger partial charge in [0.05, 0.1) is 19.2 Å². The molecule has 28 heavy (non-hydrogen) atoms. The number of benzene rings is 2. The summed E-state index contributed by atoms with van der Waals surface area (Å²) in [5.41, 5.74) is 2.71. The quantitative estimate of drug-likeness (QED) is 0.582. The Hall–Kier alpha value is -2.73. The second kappa shape index (κ2) is 8.10. The van der Waals surface area contributed by atoms with Crippen molar-refractivity contribution < 1.29 is 13.9 Å². The van der Waals surface area contributed by atoms with Crippen LogP contribution in [0.25, 0.3) is 10.6 Å². The number of rotatable bonds is 7. The number of nitrogens with zero attached hydrogens (tertiary/aromatic N) is 2. The van der Waals surface area contributed by atoms with E-state index in [9.17, 15) is 9.18 Å². The lowest BCUT2D eigenvalue weighted by Gasteiger charge is -2.22. The number of amides is 1. The van der Waals surface area contributed by atoms with Crippen LogP contribution < -0.4 is 4.74 Å². The van der Waals surface area contributed by atoms with E-state index in [1.54, 1.807) is 19.2 Å². The maximum atomic E-state index is 13.1. The van der Waals surface area contributed by atoms with Gasteiger partial charge < -0.3 is 9.64 Å². The number of hydrogen-bond acceptors (Lipinski definition) is 4. The van der Waals surface area contributed by atoms with Crippen molar-refractivity contribution in [1.82, 2.24) is 9.88 Å². The molecule has 2 aromatic carbocycles. The van der Waals surface area contributed by atoms with Crippen LogP contribution in [0.15, 0.2) is 53.9 Å². The molecule has 0 spiro atoms. The molecule has 1 heterocycles. The smallest absolute Gasteiger partial charge is 0.229 e. The molecule has 1 aliphatic rings. The maximum absolute atomic E-state index is 13.1. The van der Waals surface area contributed by atoms with Crippen molar-refractivity contribution in [3.8, 4) is 16.3 Å². The van der Waals surface area contributed by atoms with Gasteiger partial charge in [-0.1, -0.05) is 12.1 Å². The predicted molar refractivity (Wildman–Crippen MR) is 108 cm³/mol. The molecule has 144 valence electrons. The number of aromatic nitrogens is 1. The third kappa shape index (κ3) is 4.39. The molecule has 0 atom stereocenters. The summed E-state index contributed by atoms with van der Waals surface area (Å²) in [6.07, 6.45) is 2.39. The monoisotopic (exact) mass is 396 g/mol. The van der Waals surface area contributed by atoms with Gasteiger partial charge in [0, 0.05) is 23.5 Å². The summed E-state index contributed by atoms with van der Waals surface area (Å²) in [4.78, 5) is 19.5. The molecule has 4 rings (SSSR count). The number of ether oxygens (including phenoxy) is 1. The summed E-state index contributed by atoms with van der Waals surface area (Å²) >= 11 is 1.48. The third-order valence-corrected chi connectivity index (χ3v) is 5.74. The fourth-order valence-electron chi connectivity index (χ4n) is 3.10. The first-order valence-corrected chi connectivity index (χ1v) is 10.1. The lowest BCUT2D eigenvalue weighted by molar-refractivity contribution is -0.131. The zero-order chi connectivity index (χ0) is 19.5. The van der Waals surface area contributed by atoms with Gasteiger partial charge >= 0.3 is 0 Å². The Labute approximate surface area is 167 Å². The average molecular weight is 396 g/mol. The molecule has 6 heteroatoms. The topological polar surface area (TPSA) is 42.4 Å². The highest BCUT2D eigenvalue weighted by molar-refractivity contribution is 7.13. The molecule has 0 aliphatic heterocycles. The van der Waals surface area contributed by atoms with Crippen molar-refractivity contribution in [1.29, 1.82) is 0 Å². The van der Waals surface area contributed by atoms with Gasteiger partial charge in [0.25, 0.3) is 0 Å². The molecule has 0 radical (unpaired) electrons. The Morgan fingerprint density at radius 1 is 1.18 bits per heavy atom. The molecule has 1 amide bonds. The van der Waals surface area contributed by atoms with Crippen molar-refractivity contribution in [2.45, 2.75) is 31.8 Å². The van der Waals surface area contributed by atoms with Gasteiger partial charge in [-0.05, 0) is 54.8 Å². The van der Waals surface area contributed by atoms with Gasteiger partial charge in [-0.15, -0.1) is 11.3 Å². The van der Waals surface area contributed by atoms with E-state index in [1.807, 2.05) is 34.5 Å². The van der Waals surface area contributed by atoms with E-state index in [1.165, 1.54) is 23.5 Å². The van der Waals surface area contributed by atoms with Crippen LogP contribution in [0.4, 0.5) is 4.39 Å². The molecule has 0 bridgehead atoms. The molecule has 1 saturated carbocycles. The van der Waals surface area contributed by atoms with Crippen molar-refractivity contribution in [3.05, 3.63) is 71.0 Å². The highest BCUT2D eigenvalue weighted by atomic mass is 32.1. The molecule has 1 fully saturated rings. The van der Waals surface area contributed by atoms with E-state index in [0.717, 1.165) is 40.4 Å². The van der Waals surface area contributed by atoms with Crippen molar-refractivity contribution in [2.24, 2.45) is 0 Å². The van der Waals surface area contributed by atoms with Crippen LogP contribution in [0.1, 0.15) is 24.1 Å². The number of halogens is 1. The van der Waals surface area contributed by atoms with Crippen LogP contribution in [-0.4, -0.2) is 28.9 Å². The number of hydrogen-bond donors (Lipinski definition) is 0. The Morgan fingerprint density at radius 2 is 1.89 bits per heavy atom. The van der Waals surface area contributed by atoms with Crippen LogP contribution in [0.3, 0.4) is 0 Å². The largest absolute Gasteiger partial charge is 0.497 e. The van der Waals surface area contributed by atoms with Crippen LogP contribution in [-0.2, 0) is 17.8 Å². The summed E-state index contributed by atoms with van der Waals surface area (Å²) in [6, 6.07) is 14.4. The second-order valence-electron chi connectivity index (χ2n) is 6.93. The summed E-state index contributed by atoms with van der Waals surface area (Å²) in [5.74, 6) is 0.632. The van der Waals surface area contributed by atoms with E-state index >= 15 is 0 Å². The third-order valence-electron chi connectivity index (χ3n) is 4.80. The fourth-order valence-corrected chi connectivity index (χ4v) is 3.93.